The zero-order chi connectivity index (χ0) is 20.3. The number of nitrogens with zero attached hydrogens (tertiary/aromatic N) is 4. The minimum Gasteiger partial charge on any atom is -0.444 e. The molecule has 2 heterocycles. The number of imidazole rings is 1. The average Bonchev–Trinajstić information content (AvgIpc) is 3.19. The van der Waals surface area contributed by atoms with Crippen LogP contribution in [0.5, 0.6) is 0 Å². The lowest BCUT2D eigenvalue weighted by molar-refractivity contribution is -0.102. The second-order valence-electron chi connectivity index (χ2n) is 9.95. The molecule has 5 unspecified atom stereocenters. The third-order valence-electron chi connectivity index (χ3n) is 7.25. The van der Waals surface area contributed by atoms with Crippen LogP contribution >= 0.6 is 0 Å². The van der Waals surface area contributed by atoms with E-state index in [1.54, 1.807) is 0 Å². The molecule has 2 aromatic rings. The molecule has 3 fully saturated rings. The van der Waals surface area contributed by atoms with E-state index in [1.807, 2.05) is 29.4 Å². The molecule has 152 valence electrons. The van der Waals surface area contributed by atoms with Crippen LogP contribution in [0.3, 0.4) is 0 Å². The molecule has 0 N–H and O–H groups in total. The summed E-state index contributed by atoms with van der Waals surface area (Å²) in [6.07, 6.45) is 5.22. The Labute approximate surface area is 171 Å². The zero-order valence-electron chi connectivity index (χ0n) is 17.3. The number of aromatic nitrogens is 2. The Kier molecular flexibility index (Phi) is 4.13. The van der Waals surface area contributed by atoms with Gasteiger partial charge in [0, 0.05) is 19.0 Å². The lowest BCUT2D eigenvalue weighted by Gasteiger charge is -2.55. The third-order valence-corrected chi connectivity index (χ3v) is 7.25. The molecule has 0 radical (unpaired) electrons. The number of hydrogen-bond donors (Lipinski definition) is 0. The van der Waals surface area contributed by atoms with Gasteiger partial charge in [0.05, 0.1) is 35.0 Å². The Hall–Kier alpha value is -2.55. The molecule has 0 spiro atoms. The molecule has 1 aliphatic heterocycles. The Morgan fingerprint density at radius 1 is 1.38 bits per heavy atom. The number of carbonyl (C=O) groups excluding carboxylic acids is 1. The molecule has 1 saturated heterocycles. The van der Waals surface area contributed by atoms with Gasteiger partial charge in [0.25, 0.3) is 0 Å². The largest absolute Gasteiger partial charge is 0.444 e. The van der Waals surface area contributed by atoms with Crippen molar-refractivity contribution in [2.75, 3.05) is 6.54 Å². The molecule has 2 aliphatic carbocycles. The van der Waals surface area contributed by atoms with Crippen LogP contribution in [0.2, 0.25) is 0 Å². The summed E-state index contributed by atoms with van der Waals surface area (Å²) in [6, 6.07) is 8.16. The highest BCUT2D eigenvalue weighted by Gasteiger charge is 2.63. The Morgan fingerprint density at radius 3 is 2.97 bits per heavy atom. The van der Waals surface area contributed by atoms with E-state index in [9.17, 15) is 10.1 Å². The molecule has 6 nitrogen and oxygen atoms in total. The fourth-order valence-electron chi connectivity index (χ4n) is 5.95. The third kappa shape index (κ3) is 2.90. The van der Waals surface area contributed by atoms with Crippen molar-refractivity contribution in [2.24, 2.45) is 23.2 Å². The maximum Gasteiger partial charge on any atom is 0.410 e. The van der Waals surface area contributed by atoms with Gasteiger partial charge in [-0.2, -0.15) is 5.26 Å². The molecule has 2 saturated carbocycles. The Morgan fingerprint density at radius 2 is 2.21 bits per heavy atom. The van der Waals surface area contributed by atoms with Crippen LogP contribution in [0.25, 0.3) is 11.0 Å². The van der Waals surface area contributed by atoms with E-state index in [4.69, 9.17) is 4.74 Å². The monoisotopic (exact) mass is 392 g/mol. The van der Waals surface area contributed by atoms with Crippen LogP contribution in [0.15, 0.2) is 24.5 Å². The van der Waals surface area contributed by atoms with Gasteiger partial charge in [-0.25, -0.2) is 9.78 Å². The van der Waals surface area contributed by atoms with E-state index in [1.165, 1.54) is 0 Å². The summed E-state index contributed by atoms with van der Waals surface area (Å²) in [6.45, 7) is 8.34. The van der Waals surface area contributed by atoms with Crippen LogP contribution < -0.4 is 0 Å². The van der Waals surface area contributed by atoms with Gasteiger partial charge in [-0.15, -0.1) is 0 Å². The lowest BCUT2D eigenvalue weighted by atomic mass is 9.54. The molecule has 0 bridgehead atoms. The van der Waals surface area contributed by atoms with E-state index in [-0.39, 0.29) is 23.7 Å². The SMILES string of the molecule is CC(C)CN1C(=O)OC2C3CCC(C)(Cn4cnc5ccc(C#N)cc54)CC3C21. The van der Waals surface area contributed by atoms with Gasteiger partial charge in [0.2, 0.25) is 0 Å². The second-order valence-corrected chi connectivity index (χ2v) is 9.95. The standard InChI is InChI=1S/C23H28N4O2/c1-14(2)11-27-20-17-9-23(3,7-6-16(17)21(20)29-22(27)28)12-26-13-25-18-5-4-15(10-24)8-19(18)26/h4-5,8,13-14,16-17,20-21H,6-7,9,11-12H2,1-3H3. The van der Waals surface area contributed by atoms with Crippen molar-refractivity contribution in [2.45, 2.75) is 58.7 Å². The lowest BCUT2D eigenvalue weighted by Crippen LogP contribution is -2.62. The van der Waals surface area contributed by atoms with Crippen molar-refractivity contribution in [1.29, 1.82) is 5.26 Å². The summed E-state index contributed by atoms with van der Waals surface area (Å²) in [5, 5.41) is 9.24. The van der Waals surface area contributed by atoms with Crippen LogP contribution in [0.1, 0.15) is 45.6 Å². The minimum atomic E-state index is -0.116. The van der Waals surface area contributed by atoms with Gasteiger partial charge < -0.3 is 14.2 Å². The molecule has 1 aromatic carbocycles. The van der Waals surface area contributed by atoms with Gasteiger partial charge in [0.15, 0.2) is 0 Å². The van der Waals surface area contributed by atoms with Crippen molar-refractivity contribution in [3.05, 3.63) is 30.1 Å². The quantitative estimate of drug-likeness (QED) is 0.782. The average molecular weight is 393 g/mol. The normalized spacial score (nSPS) is 33.2. The first-order valence-corrected chi connectivity index (χ1v) is 10.7. The van der Waals surface area contributed by atoms with Gasteiger partial charge in [-0.3, -0.25) is 0 Å². The van der Waals surface area contributed by atoms with Crippen molar-refractivity contribution in [1.82, 2.24) is 14.5 Å². The summed E-state index contributed by atoms with van der Waals surface area (Å²) < 4.78 is 7.94. The molecule has 29 heavy (non-hydrogen) atoms. The highest BCUT2D eigenvalue weighted by Crippen LogP contribution is 2.57. The number of ether oxygens (including phenoxy) is 1. The van der Waals surface area contributed by atoms with E-state index < -0.39 is 0 Å². The number of rotatable bonds is 4. The molecule has 6 heteroatoms. The summed E-state index contributed by atoms with van der Waals surface area (Å²) >= 11 is 0. The molecule has 5 rings (SSSR count). The summed E-state index contributed by atoms with van der Waals surface area (Å²) in [5.41, 5.74) is 2.78. The van der Waals surface area contributed by atoms with E-state index >= 15 is 0 Å². The smallest absolute Gasteiger partial charge is 0.410 e. The molecular weight excluding hydrogens is 364 g/mol. The van der Waals surface area contributed by atoms with Gasteiger partial charge in [0.1, 0.15) is 6.10 Å². The highest BCUT2D eigenvalue weighted by molar-refractivity contribution is 5.77. The van der Waals surface area contributed by atoms with E-state index in [2.05, 4.69) is 36.4 Å². The summed E-state index contributed by atoms with van der Waals surface area (Å²) in [4.78, 5) is 18.9. The fraction of sp³-hybridized carbons (Fsp3) is 0.609. The van der Waals surface area contributed by atoms with Gasteiger partial charge in [-0.1, -0.05) is 20.8 Å². The summed E-state index contributed by atoms with van der Waals surface area (Å²) in [5.74, 6) is 1.48. The number of benzene rings is 1. The maximum atomic E-state index is 12.4. The number of nitriles is 1. The van der Waals surface area contributed by atoms with Crippen molar-refractivity contribution in [3.63, 3.8) is 0 Å². The maximum absolute atomic E-state index is 12.4. The van der Waals surface area contributed by atoms with E-state index in [0.717, 1.165) is 43.4 Å². The Balaban J connectivity index is 1.37. The molecule has 1 aromatic heterocycles. The zero-order valence-corrected chi connectivity index (χ0v) is 17.3. The van der Waals surface area contributed by atoms with Crippen molar-refractivity contribution < 1.29 is 9.53 Å². The van der Waals surface area contributed by atoms with Crippen LogP contribution in [-0.4, -0.2) is 39.2 Å². The summed E-state index contributed by atoms with van der Waals surface area (Å²) in [7, 11) is 0. The predicted octanol–water partition coefficient (Wildman–Crippen LogP) is 4.19. The first-order valence-electron chi connectivity index (χ1n) is 10.7. The van der Waals surface area contributed by atoms with E-state index in [0.29, 0.717) is 23.3 Å². The predicted molar refractivity (Wildman–Crippen MR) is 109 cm³/mol. The van der Waals surface area contributed by atoms with Gasteiger partial charge in [-0.05, 0) is 54.7 Å². The van der Waals surface area contributed by atoms with Crippen LogP contribution in [-0.2, 0) is 11.3 Å². The molecule has 5 atom stereocenters. The fourth-order valence-corrected chi connectivity index (χ4v) is 5.95. The van der Waals surface area contributed by atoms with Gasteiger partial charge >= 0.3 is 6.09 Å². The molecule has 3 aliphatic rings. The number of amides is 1. The first kappa shape index (κ1) is 18.5. The number of fused-ring (bicyclic) bond motifs is 5. The van der Waals surface area contributed by atoms with Crippen molar-refractivity contribution in [3.8, 4) is 6.07 Å². The number of hydrogen-bond acceptors (Lipinski definition) is 4. The first-order chi connectivity index (χ1) is 13.9. The number of carbonyl (C=O) groups is 1. The topological polar surface area (TPSA) is 71.2 Å². The minimum absolute atomic E-state index is 0.100. The highest BCUT2D eigenvalue weighted by atomic mass is 16.6. The van der Waals surface area contributed by atoms with Crippen LogP contribution in [0, 0.1) is 34.5 Å². The molecular formula is C23H28N4O2. The van der Waals surface area contributed by atoms with Crippen LogP contribution in [0.4, 0.5) is 4.79 Å². The molecule has 1 amide bonds. The van der Waals surface area contributed by atoms with Crippen molar-refractivity contribution >= 4 is 17.1 Å². The second kappa shape index (κ2) is 6.48. The Bertz CT molecular complexity index is 1010.